The van der Waals surface area contributed by atoms with Crippen LogP contribution in [0.3, 0.4) is 0 Å². The van der Waals surface area contributed by atoms with E-state index in [1.807, 2.05) is 0 Å². The second kappa shape index (κ2) is 2.05. The highest BCUT2D eigenvalue weighted by Crippen LogP contribution is 2.05. The fourth-order valence-electron chi connectivity index (χ4n) is 0.787. The molecule has 0 atom stereocenters. The maximum absolute atomic E-state index is 10.6. The predicted octanol–water partition coefficient (Wildman–Crippen LogP) is -0.826. The molecule has 0 aromatic carbocycles. The Morgan fingerprint density at radius 3 is 2.00 bits per heavy atom. The van der Waals surface area contributed by atoms with Crippen LogP contribution in [0.15, 0.2) is 0 Å². The summed E-state index contributed by atoms with van der Waals surface area (Å²) in [6, 6.07) is 0. The van der Waals surface area contributed by atoms with Gasteiger partial charge in [-0.3, -0.25) is 20.4 Å². The van der Waals surface area contributed by atoms with Crippen LogP contribution < -0.4 is 10.9 Å². The van der Waals surface area contributed by atoms with Gasteiger partial charge in [-0.2, -0.15) is 0 Å². The Kier molecular flexibility index (Phi) is 1.38. The van der Waals surface area contributed by atoms with Gasteiger partial charge in [-0.05, 0) is 6.42 Å². The molecule has 2 amide bonds. The summed E-state index contributed by atoms with van der Waals surface area (Å²) in [5, 5.41) is 0. The normalized spacial score (nSPS) is 19.7. The highest BCUT2D eigenvalue weighted by atomic mass is 16.2. The molecular formula is C5H8N2O2. The van der Waals surface area contributed by atoms with Gasteiger partial charge in [-0.25, -0.2) is 0 Å². The zero-order valence-electron chi connectivity index (χ0n) is 5.10. The van der Waals surface area contributed by atoms with Crippen molar-refractivity contribution in [1.29, 1.82) is 0 Å². The molecule has 1 rings (SSSR count). The molecule has 2 N–H and O–H groups in total. The first-order chi connectivity index (χ1) is 4.25. The first kappa shape index (κ1) is 6.07. The molecule has 0 radical (unpaired) electrons. The maximum Gasteiger partial charge on any atom is 0.251 e. The van der Waals surface area contributed by atoms with Crippen molar-refractivity contribution in [2.45, 2.75) is 13.3 Å². The summed E-state index contributed by atoms with van der Waals surface area (Å²) >= 11 is 0. The summed E-state index contributed by atoms with van der Waals surface area (Å²) in [5.41, 5.74) is 4.46. The number of carbonyl (C=O) groups excluding carboxylic acids is 2. The molecule has 1 aliphatic rings. The van der Waals surface area contributed by atoms with Gasteiger partial charge in [0.25, 0.3) is 11.8 Å². The van der Waals surface area contributed by atoms with Gasteiger partial charge in [0.1, 0.15) is 5.92 Å². The fourth-order valence-corrected chi connectivity index (χ4v) is 0.787. The third-order valence-corrected chi connectivity index (χ3v) is 1.35. The number of hydrogen-bond acceptors (Lipinski definition) is 2. The molecule has 50 valence electrons. The van der Waals surface area contributed by atoms with Crippen molar-refractivity contribution in [3.05, 3.63) is 0 Å². The number of rotatable bonds is 1. The minimum Gasteiger partial charge on any atom is -0.272 e. The maximum atomic E-state index is 10.6. The standard InChI is InChI=1S/C5H8N2O2/c1-2-3-4(8)6-7-5(3)9/h3H,2H2,1H3,(H,6,8)(H,7,9). The number of hydrazine groups is 1. The van der Waals surface area contributed by atoms with Gasteiger partial charge in [0.2, 0.25) is 0 Å². The monoisotopic (exact) mass is 128 g/mol. The van der Waals surface area contributed by atoms with E-state index in [-0.39, 0.29) is 11.8 Å². The number of carbonyl (C=O) groups is 2. The minimum atomic E-state index is -0.468. The lowest BCUT2D eigenvalue weighted by atomic mass is 10.1. The van der Waals surface area contributed by atoms with Crippen LogP contribution in [0.4, 0.5) is 0 Å². The molecule has 1 heterocycles. The summed E-state index contributed by atoms with van der Waals surface area (Å²) in [7, 11) is 0. The van der Waals surface area contributed by atoms with Gasteiger partial charge in [0, 0.05) is 0 Å². The quantitative estimate of drug-likeness (QED) is 0.453. The second-order valence-corrected chi connectivity index (χ2v) is 1.94. The molecule has 0 aromatic rings. The molecule has 0 saturated carbocycles. The Morgan fingerprint density at radius 2 is 1.78 bits per heavy atom. The van der Waals surface area contributed by atoms with Crippen molar-refractivity contribution in [2.75, 3.05) is 0 Å². The number of hydrogen-bond donors (Lipinski definition) is 2. The average molecular weight is 128 g/mol. The molecule has 9 heavy (non-hydrogen) atoms. The van der Waals surface area contributed by atoms with Gasteiger partial charge >= 0.3 is 0 Å². The van der Waals surface area contributed by atoms with E-state index in [4.69, 9.17) is 0 Å². The van der Waals surface area contributed by atoms with E-state index in [9.17, 15) is 9.59 Å². The van der Waals surface area contributed by atoms with Crippen molar-refractivity contribution >= 4 is 11.8 Å². The lowest BCUT2D eigenvalue weighted by molar-refractivity contribution is -0.128. The molecular weight excluding hydrogens is 120 g/mol. The van der Waals surface area contributed by atoms with Gasteiger partial charge in [-0.15, -0.1) is 0 Å². The third kappa shape index (κ3) is 0.872. The van der Waals surface area contributed by atoms with Gasteiger partial charge in [0.15, 0.2) is 0 Å². The smallest absolute Gasteiger partial charge is 0.251 e. The molecule has 4 heteroatoms. The summed E-state index contributed by atoms with van der Waals surface area (Å²) in [6.45, 7) is 1.80. The van der Waals surface area contributed by atoms with E-state index in [1.165, 1.54) is 0 Å². The van der Waals surface area contributed by atoms with Crippen LogP contribution in [0.2, 0.25) is 0 Å². The third-order valence-electron chi connectivity index (χ3n) is 1.35. The molecule has 0 aromatic heterocycles. The Morgan fingerprint density at radius 1 is 1.33 bits per heavy atom. The van der Waals surface area contributed by atoms with Crippen molar-refractivity contribution < 1.29 is 9.59 Å². The van der Waals surface area contributed by atoms with E-state index >= 15 is 0 Å². The fraction of sp³-hybridized carbons (Fsp3) is 0.600. The molecule has 0 bridgehead atoms. The highest BCUT2D eigenvalue weighted by Gasteiger charge is 2.30. The zero-order chi connectivity index (χ0) is 6.85. The molecule has 1 fully saturated rings. The van der Waals surface area contributed by atoms with Crippen LogP contribution in [-0.2, 0) is 9.59 Å². The van der Waals surface area contributed by atoms with Crippen LogP contribution in [0.25, 0.3) is 0 Å². The second-order valence-electron chi connectivity index (χ2n) is 1.94. The number of nitrogens with one attached hydrogen (secondary N) is 2. The summed E-state index contributed by atoms with van der Waals surface area (Å²) in [4.78, 5) is 21.2. The van der Waals surface area contributed by atoms with Crippen molar-refractivity contribution in [1.82, 2.24) is 10.9 Å². The first-order valence-corrected chi connectivity index (χ1v) is 2.85. The Hall–Kier alpha value is -1.06. The van der Waals surface area contributed by atoms with Crippen molar-refractivity contribution in [3.8, 4) is 0 Å². The molecule has 1 saturated heterocycles. The van der Waals surface area contributed by atoms with Crippen LogP contribution in [0, 0.1) is 5.92 Å². The lowest BCUT2D eigenvalue weighted by Crippen LogP contribution is -2.28. The summed E-state index contributed by atoms with van der Waals surface area (Å²) in [6.07, 6.45) is 0.567. The zero-order valence-corrected chi connectivity index (χ0v) is 5.10. The van der Waals surface area contributed by atoms with Gasteiger partial charge in [-0.1, -0.05) is 6.92 Å². The van der Waals surface area contributed by atoms with E-state index in [0.29, 0.717) is 6.42 Å². The topological polar surface area (TPSA) is 58.2 Å². The van der Waals surface area contributed by atoms with Crippen LogP contribution in [0.5, 0.6) is 0 Å². The lowest BCUT2D eigenvalue weighted by Gasteiger charge is -1.93. The van der Waals surface area contributed by atoms with Gasteiger partial charge in [0.05, 0.1) is 0 Å². The highest BCUT2D eigenvalue weighted by molar-refractivity contribution is 6.05. The SMILES string of the molecule is CCC1C(=O)NNC1=O. The Bertz CT molecular complexity index is 139. The largest absolute Gasteiger partial charge is 0.272 e. The van der Waals surface area contributed by atoms with E-state index < -0.39 is 5.92 Å². The predicted molar refractivity (Wildman–Crippen MR) is 30.1 cm³/mol. The molecule has 0 spiro atoms. The van der Waals surface area contributed by atoms with E-state index in [0.717, 1.165) is 0 Å². The minimum absolute atomic E-state index is 0.220. The average Bonchev–Trinajstić information content (AvgIpc) is 2.12. The van der Waals surface area contributed by atoms with Crippen LogP contribution >= 0.6 is 0 Å². The molecule has 1 aliphatic heterocycles. The van der Waals surface area contributed by atoms with Crippen LogP contribution in [0.1, 0.15) is 13.3 Å². The van der Waals surface area contributed by atoms with Crippen molar-refractivity contribution in [2.24, 2.45) is 5.92 Å². The van der Waals surface area contributed by atoms with E-state index in [1.54, 1.807) is 6.92 Å². The number of amides is 2. The van der Waals surface area contributed by atoms with Crippen molar-refractivity contribution in [3.63, 3.8) is 0 Å². The summed E-state index contributed by atoms with van der Waals surface area (Å²) < 4.78 is 0. The summed E-state index contributed by atoms with van der Waals surface area (Å²) in [5.74, 6) is -0.907. The Labute approximate surface area is 52.6 Å². The molecule has 0 unspecified atom stereocenters. The van der Waals surface area contributed by atoms with E-state index in [2.05, 4.69) is 10.9 Å². The first-order valence-electron chi connectivity index (χ1n) is 2.85. The Balaban J connectivity index is 2.66. The molecule has 0 aliphatic carbocycles. The van der Waals surface area contributed by atoms with Crippen LogP contribution in [-0.4, -0.2) is 11.8 Å². The van der Waals surface area contributed by atoms with Gasteiger partial charge < -0.3 is 0 Å². The molecule has 4 nitrogen and oxygen atoms in total.